The predicted octanol–water partition coefficient (Wildman–Crippen LogP) is 5.67. The van der Waals surface area contributed by atoms with Gasteiger partial charge >= 0.3 is 276 Å². The van der Waals surface area contributed by atoms with Gasteiger partial charge in [-0.3, -0.25) is 0 Å². The first-order valence-corrected chi connectivity index (χ1v) is 28.3. The van der Waals surface area contributed by atoms with Crippen LogP contribution in [0, 0.1) is 0 Å². The van der Waals surface area contributed by atoms with Crippen LogP contribution in [0.25, 0.3) is 0 Å². The van der Waals surface area contributed by atoms with Gasteiger partial charge in [-0.1, -0.05) is 0 Å². The molecule has 1 saturated heterocycles. The van der Waals surface area contributed by atoms with Gasteiger partial charge in [-0.25, -0.2) is 0 Å². The van der Waals surface area contributed by atoms with Crippen LogP contribution < -0.4 is 0 Å². The standard InChI is InChI=1S/C18H12S9Se6/c1-2-20-11-10(19-1)28-16(29-11)7-25-8(17-30-12-13(31-17)22-4-3-21-12)27-9(26-7)18-32-14-15(33-18)24-6-5-23-14/h1-6H2. The molecule has 1 fully saturated rings. The van der Waals surface area contributed by atoms with Gasteiger partial charge in [0, 0.05) is 0 Å². The van der Waals surface area contributed by atoms with Gasteiger partial charge in [0.2, 0.25) is 0 Å². The van der Waals surface area contributed by atoms with Gasteiger partial charge in [-0.05, 0) is 0 Å². The molecule has 0 spiro atoms. The van der Waals surface area contributed by atoms with E-state index in [-0.39, 0.29) is 0 Å². The van der Waals surface area contributed by atoms with Gasteiger partial charge in [0.25, 0.3) is 0 Å². The van der Waals surface area contributed by atoms with Crippen LogP contribution in [0.15, 0.2) is 45.6 Å². The van der Waals surface area contributed by atoms with Crippen molar-refractivity contribution in [3.8, 4) is 0 Å². The number of hydrogen-bond acceptors (Lipinski definition) is 9. The van der Waals surface area contributed by atoms with Crippen LogP contribution in [0.5, 0.6) is 0 Å². The molecule has 7 rings (SSSR count). The first-order chi connectivity index (χ1) is 16.3. The minimum atomic E-state index is 0.612. The van der Waals surface area contributed by atoms with E-state index in [1.54, 1.807) is 35.5 Å². The second kappa shape index (κ2) is 12.3. The fourth-order valence-corrected chi connectivity index (χ4v) is 46.7. The summed E-state index contributed by atoms with van der Waals surface area (Å²) in [6.07, 6.45) is 0. The third-order valence-corrected chi connectivity index (χ3v) is 44.1. The van der Waals surface area contributed by atoms with E-state index in [2.05, 4.69) is 106 Å². The Morgan fingerprint density at radius 2 is 0.545 bits per heavy atom. The number of hydrogen-bond donors (Lipinski definition) is 0. The monoisotopic (exact) mass is 995 g/mol. The average molecular weight is 991 g/mol. The van der Waals surface area contributed by atoms with E-state index in [0.29, 0.717) is 89.7 Å². The van der Waals surface area contributed by atoms with Crippen molar-refractivity contribution in [3.63, 3.8) is 0 Å². The van der Waals surface area contributed by atoms with Crippen LogP contribution in [0.2, 0.25) is 0 Å². The van der Waals surface area contributed by atoms with Crippen molar-refractivity contribution in [2.45, 2.75) is 0 Å². The Hall–Kier alpha value is 4.71. The summed E-state index contributed by atoms with van der Waals surface area (Å²) in [5.41, 5.74) is 0. The summed E-state index contributed by atoms with van der Waals surface area (Å²) in [5, 5.41) is 0. The molecule has 174 valence electrons. The summed E-state index contributed by atoms with van der Waals surface area (Å²) in [5.74, 6) is 8.00. The first kappa shape index (κ1) is 26.6. The minimum absolute atomic E-state index is 0.612. The first-order valence-electron chi connectivity index (χ1n) is 9.63. The van der Waals surface area contributed by atoms with Gasteiger partial charge in [0.15, 0.2) is 0 Å². The normalized spacial score (nSPS) is 28.4. The topological polar surface area (TPSA) is 0 Å². The quantitative estimate of drug-likeness (QED) is 0.280. The molecule has 0 aromatic rings. The second-order valence-electron chi connectivity index (χ2n) is 6.46. The van der Waals surface area contributed by atoms with E-state index >= 15 is 0 Å². The zero-order valence-corrected chi connectivity index (χ0v) is 34.0. The maximum absolute atomic E-state index is 2.22. The SMILES string of the molecule is C1CSC2=C(S1)[Se]C(=C1SC(=C3[Se]C4=C(SCCS4)[Se]3)SC(=C3[Se]C4=C(SCCS4)[Se]3)S1)[Se]2. The molecule has 7 heterocycles. The summed E-state index contributed by atoms with van der Waals surface area (Å²) in [7, 11) is 0. The van der Waals surface area contributed by atoms with Gasteiger partial charge in [0.1, 0.15) is 0 Å². The average Bonchev–Trinajstić information content (AvgIpc) is 3.59. The Labute approximate surface area is 271 Å². The van der Waals surface area contributed by atoms with E-state index < -0.39 is 0 Å². The predicted molar refractivity (Wildman–Crippen MR) is 174 cm³/mol. The Balaban J connectivity index is 1.22. The molecule has 0 bridgehead atoms. The molecule has 0 aromatic carbocycles. The molecule has 0 unspecified atom stereocenters. The van der Waals surface area contributed by atoms with E-state index in [1.807, 2.05) is 10.1 Å². The summed E-state index contributed by atoms with van der Waals surface area (Å²) < 4.78 is 21.5. The number of rotatable bonds is 0. The van der Waals surface area contributed by atoms with Gasteiger partial charge in [-0.2, -0.15) is 0 Å². The zero-order chi connectivity index (χ0) is 21.8. The van der Waals surface area contributed by atoms with Gasteiger partial charge < -0.3 is 0 Å². The molecule has 7 aliphatic rings. The van der Waals surface area contributed by atoms with Crippen molar-refractivity contribution in [1.82, 2.24) is 0 Å². The van der Waals surface area contributed by atoms with Crippen LogP contribution in [0.3, 0.4) is 0 Å². The van der Waals surface area contributed by atoms with Crippen LogP contribution in [0.4, 0.5) is 0 Å². The Morgan fingerprint density at radius 3 is 0.758 bits per heavy atom. The fraction of sp³-hybridized carbons (Fsp3) is 0.333. The fourth-order valence-electron chi connectivity index (χ4n) is 2.97. The number of thioether (sulfide) groups is 9. The second-order valence-corrected chi connectivity index (χ2v) is 37.2. The molecule has 15 heteroatoms. The van der Waals surface area contributed by atoms with Crippen molar-refractivity contribution in [3.05, 3.63) is 45.6 Å². The van der Waals surface area contributed by atoms with Crippen LogP contribution in [-0.2, 0) is 0 Å². The molecule has 0 atom stereocenters. The van der Waals surface area contributed by atoms with Crippen molar-refractivity contribution in [2.75, 3.05) is 34.5 Å². The third kappa shape index (κ3) is 6.02. The summed E-state index contributed by atoms with van der Waals surface area (Å²) in [6.45, 7) is 0. The molecule has 0 aliphatic carbocycles. The van der Waals surface area contributed by atoms with Crippen LogP contribution in [-0.4, -0.2) is 124 Å². The summed E-state index contributed by atoms with van der Waals surface area (Å²) in [4.78, 5) is 0. The van der Waals surface area contributed by atoms with Gasteiger partial charge in [0.05, 0.1) is 0 Å². The summed E-state index contributed by atoms with van der Waals surface area (Å²) >= 11 is 23.5. The van der Waals surface area contributed by atoms with E-state index in [0.717, 1.165) is 0 Å². The molecule has 0 aromatic heterocycles. The molecule has 0 amide bonds. The van der Waals surface area contributed by atoms with Crippen molar-refractivity contribution < 1.29 is 0 Å². The molecular weight excluding hydrogens is 979 g/mol. The van der Waals surface area contributed by atoms with Crippen molar-refractivity contribution in [1.29, 1.82) is 0 Å². The van der Waals surface area contributed by atoms with Crippen LogP contribution >= 0.6 is 106 Å². The van der Waals surface area contributed by atoms with Crippen molar-refractivity contribution >= 4 is 196 Å². The van der Waals surface area contributed by atoms with Crippen LogP contribution in [0.1, 0.15) is 0 Å². The molecule has 0 N–H and O–H groups in total. The molecule has 33 heavy (non-hydrogen) atoms. The third-order valence-electron chi connectivity index (χ3n) is 4.32. The molecular formula is C18H12S9Se6. The Kier molecular flexibility index (Phi) is 9.91. The van der Waals surface area contributed by atoms with E-state index in [1.165, 1.54) is 34.5 Å². The summed E-state index contributed by atoms with van der Waals surface area (Å²) in [6, 6.07) is 0. The van der Waals surface area contributed by atoms with Gasteiger partial charge in [-0.15, -0.1) is 0 Å². The maximum atomic E-state index is 2.22. The Morgan fingerprint density at radius 1 is 0.333 bits per heavy atom. The Bertz CT molecular complexity index is 911. The molecule has 0 saturated carbocycles. The zero-order valence-electron chi connectivity index (χ0n) is 16.4. The molecule has 7 aliphatic heterocycles. The van der Waals surface area contributed by atoms with E-state index in [4.69, 9.17) is 0 Å². The molecule has 0 radical (unpaired) electrons. The molecule has 0 nitrogen and oxygen atoms in total. The van der Waals surface area contributed by atoms with Crippen molar-refractivity contribution in [2.24, 2.45) is 0 Å². The van der Waals surface area contributed by atoms with E-state index in [9.17, 15) is 0 Å².